The lowest BCUT2D eigenvalue weighted by molar-refractivity contribution is 0.558. The van der Waals surface area contributed by atoms with E-state index in [9.17, 15) is 0 Å². The first-order valence-electron chi connectivity index (χ1n) is 6.52. The second kappa shape index (κ2) is 26.3. The third-order valence-corrected chi connectivity index (χ3v) is 2.62. The largest absolute Gasteiger partial charge is 0.330 e. The third kappa shape index (κ3) is 25.6. The third-order valence-electron chi connectivity index (χ3n) is 2.62. The van der Waals surface area contributed by atoms with Crippen LogP contribution >= 0.6 is 37.2 Å². The Balaban J connectivity index is -0.000000327. The smallest absolute Gasteiger partial charge is 0.00489 e. The predicted molar refractivity (Wildman–Crippen MR) is 89.7 cm³/mol. The average Bonchev–Trinajstić information content (AvgIpc) is 2.26. The van der Waals surface area contributed by atoms with Crippen molar-refractivity contribution in [3.8, 4) is 0 Å². The van der Waals surface area contributed by atoms with Crippen LogP contribution < -0.4 is 16.8 Å². The molecular weight excluding hydrogens is 293 g/mol. The van der Waals surface area contributed by atoms with Crippen LogP contribution in [0.4, 0.5) is 0 Å². The fourth-order valence-corrected chi connectivity index (χ4v) is 1.62. The molecule has 116 valence electrons. The number of unbranched alkanes of at least 4 members (excludes halogenated alkanes) is 6. The number of halogens is 3. The quantitative estimate of drug-likeness (QED) is 0.484. The molecule has 0 radical (unpaired) electrons. The lowest BCUT2D eigenvalue weighted by Crippen LogP contribution is -2.16. The van der Waals surface area contributed by atoms with Crippen LogP contribution in [0.3, 0.4) is 0 Å². The van der Waals surface area contributed by atoms with Gasteiger partial charge in [-0.1, -0.05) is 25.7 Å². The molecule has 0 aromatic heterocycles. The van der Waals surface area contributed by atoms with Crippen LogP contribution in [0, 0.1) is 0 Å². The highest BCUT2D eigenvalue weighted by molar-refractivity contribution is 5.86. The zero-order chi connectivity index (χ0) is 11.2. The molecule has 18 heavy (non-hydrogen) atoms. The van der Waals surface area contributed by atoms with Crippen LogP contribution in [0.1, 0.15) is 51.4 Å². The van der Waals surface area contributed by atoms with E-state index in [-0.39, 0.29) is 37.2 Å². The molecule has 6 heteroatoms. The number of hydrogen-bond acceptors (Lipinski definition) is 3. The van der Waals surface area contributed by atoms with Crippen molar-refractivity contribution in [1.29, 1.82) is 0 Å². The van der Waals surface area contributed by atoms with Crippen LogP contribution in [-0.2, 0) is 0 Å². The summed E-state index contributed by atoms with van der Waals surface area (Å²) in [5.41, 5.74) is 10.8. The van der Waals surface area contributed by atoms with E-state index in [2.05, 4.69) is 5.32 Å². The summed E-state index contributed by atoms with van der Waals surface area (Å²) in [6, 6.07) is 0. The van der Waals surface area contributed by atoms with Crippen LogP contribution in [0.25, 0.3) is 0 Å². The van der Waals surface area contributed by atoms with Crippen molar-refractivity contribution < 1.29 is 0 Å². The fourth-order valence-electron chi connectivity index (χ4n) is 1.62. The molecule has 0 bridgehead atoms. The molecule has 0 saturated heterocycles. The maximum Gasteiger partial charge on any atom is -0.00489 e. The molecule has 0 aromatic rings. The minimum Gasteiger partial charge on any atom is -0.330 e. The SMILES string of the molecule is Cl.Cl.Cl.NCCCCCCNCCCCCCN. The summed E-state index contributed by atoms with van der Waals surface area (Å²) in [6.07, 6.45) is 10.2. The van der Waals surface area contributed by atoms with Gasteiger partial charge in [-0.2, -0.15) is 0 Å². The van der Waals surface area contributed by atoms with Gasteiger partial charge in [-0.25, -0.2) is 0 Å². The maximum atomic E-state index is 5.42. The highest BCUT2D eigenvalue weighted by Crippen LogP contribution is 1.98. The molecule has 0 aliphatic rings. The van der Waals surface area contributed by atoms with Crippen LogP contribution in [0.2, 0.25) is 0 Å². The summed E-state index contributed by atoms with van der Waals surface area (Å²) < 4.78 is 0. The molecule has 3 nitrogen and oxygen atoms in total. The van der Waals surface area contributed by atoms with Gasteiger partial charge in [0.15, 0.2) is 0 Å². The summed E-state index contributed by atoms with van der Waals surface area (Å²) in [5.74, 6) is 0. The molecule has 0 aliphatic carbocycles. The zero-order valence-corrected chi connectivity index (χ0v) is 13.8. The first kappa shape index (κ1) is 27.2. The molecular formula is C12H32Cl3N3. The Kier molecular flexibility index (Phi) is 39.7. The van der Waals surface area contributed by atoms with Crippen LogP contribution in [-0.4, -0.2) is 26.2 Å². The molecule has 0 heterocycles. The van der Waals surface area contributed by atoms with Crippen molar-refractivity contribution in [2.24, 2.45) is 11.5 Å². The predicted octanol–water partition coefficient (Wildman–Crippen LogP) is 2.88. The van der Waals surface area contributed by atoms with Crippen molar-refractivity contribution in [2.45, 2.75) is 51.4 Å². The minimum atomic E-state index is 0. The van der Waals surface area contributed by atoms with E-state index in [0.717, 1.165) is 13.1 Å². The highest BCUT2D eigenvalue weighted by atomic mass is 35.5. The van der Waals surface area contributed by atoms with Crippen molar-refractivity contribution in [2.75, 3.05) is 26.2 Å². The lowest BCUT2D eigenvalue weighted by atomic mass is 10.2. The Morgan fingerprint density at radius 3 is 1.17 bits per heavy atom. The van der Waals surface area contributed by atoms with Gasteiger partial charge in [-0.05, 0) is 51.9 Å². The monoisotopic (exact) mass is 323 g/mol. The molecule has 0 rings (SSSR count). The summed E-state index contributed by atoms with van der Waals surface area (Å²) in [7, 11) is 0. The van der Waals surface area contributed by atoms with Crippen LogP contribution in [0.15, 0.2) is 0 Å². The molecule has 0 amide bonds. The molecule has 0 aromatic carbocycles. The first-order chi connectivity index (χ1) is 7.41. The molecule has 0 unspecified atom stereocenters. The molecule has 0 aliphatic heterocycles. The minimum absolute atomic E-state index is 0. The van der Waals surface area contributed by atoms with Crippen molar-refractivity contribution >= 4 is 37.2 Å². The summed E-state index contributed by atoms with van der Waals surface area (Å²) in [4.78, 5) is 0. The number of nitrogens with one attached hydrogen (secondary N) is 1. The molecule has 0 atom stereocenters. The van der Waals surface area contributed by atoms with E-state index in [1.165, 1.54) is 64.5 Å². The number of nitrogens with two attached hydrogens (primary N) is 2. The fraction of sp³-hybridized carbons (Fsp3) is 1.00. The second-order valence-electron chi connectivity index (χ2n) is 4.16. The van der Waals surface area contributed by atoms with E-state index >= 15 is 0 Å². The molecule has 0 saturated carbocycles. The maximum absolute atomic E-state index is 5.42. The first-order valence-corrected chi connectivity index (χ1v) is 6.52. The number of hydrogen-bond donors (Lipinski definition) is 3. The molecule has 5 N–H and O–H groups in total. The van der Waals surface area contributed by atoms with Crippen LogP contribution in [0.5, 0.6) is 0 Å². The summed E-state index contributed by atoms with van der Waals surface area (Å²) >= 11 is 0. The van der Waals surface area contributed by atoms with Gasteiger partial charge in [0.2, 0.25) is 0 Å². The Morgan fingerprint density at radius 1 is 0.500 bits per heavy atom. The zero-order valence-electron chi connectivity index (χ0n) is 11.4. The normalized spacial score (nSPS) is 9.00. The van der Waals surface area contributed by atoms with Gasteiger partial charge < -0.3 is 16.8 Å². The Bertz CT molecular complexity index is 107. The highest BCUT2D eigenvalue weighted by Gasteiger charge is 1.91. The van der Waals surface area contributed by atoms with E-state index in [0.29, 0.717) is 0 Å². The van der Waals surface area contributed by atoms with Gasteiger partial charge in [0.25, 0.3) is 0 Å². The van der Waals surface area contributed by atoms with Crippen molar-refractivity contribution in [1.82, 2.24) is 5.32 Å². The van der Waals surface area contributed by atoms with Gasteiger partial charge in [-0.3, -0.25) is 0 Å². The van der Waals surface area contributed by atoms with Gasteiger partial charge >= 0.3 is 0 Å². The van der Waals surface area contributed by atoms with E-state index in [1.54, 1.807) is 0 Å². The van der Waals surface area contributed by atoms with Gasteiger partial charge in [0.1, 0.15) is 0 Å². The Labute approximate surface area is 131 Å². The van der Waals surface area contributed by atoms with E-state index in [1.807, 2.05) is 0 Å². The standard InChI is InChI=1S/C12H29N3.3ClH/c13-9-5-1-3-7-11-15-12-8-4-2-6-10-14;;;/h15H,1-14H2;3*1H. The summed E-state index contributed by atoms with van der Waals surface area (Å²) in [6.45, 7) is 4.02. The Hall–Kier alpha value is 0.750. The van der Waals surface area contributed by atoms with E-state index in [4.69, 9.17) is 11.5 Å². The van der Waals surface area contributed by atoms with Gasteiger partial charge in [-0.15, -0.1) is 37.2 Å². The average molecular weight is 325 g/mol. The Morgan fingerprint density at radius 2 is 0.833 bits per heavy atom. The summed E-state index contributed by atoms with van der Waals surface area (Å²) in [5, 5.41) is 3.48. The van der Waals surface area contributed by atoms with Crippen molar-refractivity contribution in [3.63, 3.8) is 0 Å². The topological polar surface area (TPSA) is 64.1 Å². The van der Waals surface area contributed by atoms with Crippen molar-refractivity contribution in [3.05, 3.63) is 0 Å². The van der Waals surface area contributed by atoms with Gasteiger partial charge in [0, 0.05) is 0 Å². The van der Waals surface area contributed by atoms with E-state index < -0.39 is 0 Å². The van der Waals surface area contributed by atoms with Gasteiger partial charge in [0.05, 0.1) is 0 Å². The lowest BCUT2D eigenvalue weighted by Gasteiger charge is -2.04. The molecule has 0 fully saturated rings. The molecule has 0 spiro atoms. The number of rotatable bonds is 12. The second-order valence-corrected chi connectivity index (χ2v) is 4.16.